The molecule has 1 aromatic carbocycles. The van der Waals surface area contributed by atoms with E-state index in [-0.39, 0.29) is 29.1 Å². The number of carboxylic acid groups (broad SMARTS) is 1. The lowest BCUT2D eigenvalue weighted by Gasteiger charge is -2.18. The van der Waals surface area contributed by atoms with E-state index in [2.05, 4.69) is 5.32 Å². The molecule has 8 heteroatoms. The average molecular weight is 303 g/mol. The van der Waals surface area contributed by atoms with Gasteiger partial charge in [-0.2, -0.15) is 0 Å². The van der Waals surface area contributed by atoms with Crippen molar-refractivity contribution in [1.82, 2.24) is 5.32 Å². The summed E-state index contributed by atoms with van der Waals surface area (Å²) in [6.45, 7) is 3.42. The predicted molar refractivity (Wildman–Crippen MR) is 73.3 cm³/mol. The molecule has 1 rings (SSSR count). The summed E-state index contributed by atoms with van der Waals surface area (Å²) >= 11 is 5.85. The second-order valence-electron chi connectivity index (χ2n) is 4.40. The lowest BCUT2D eigenvalue weighted by Crippen LogP contribution is -2.44. The summed E-state index contributed by atoms with van der Waals surface area (Å²) in [5, 5.41) is 22.7. The molecule has 1 unspecified atom stereocenters. The number of rotatable bonds is 7. The maximum Gasteiger partial charge on any atom is 0.324 e. The summed E-state index contributed by atoms with van der Waals surface area (Å²) in [6.07, 6.45) is 0. The van der Waals surface area contributed by atoms with Gasteiger partial charge in [0.25, 0.3) is 5.69 Å². The molecule has 2 N–H and O–H groups in total. The van der Waals surface area contributed by atoms with Gasteiger partial charge >= 0.3 is 5.97 Å². The van der Waals surface area contributed by atoms with Crippen molar-refractivity contribution < 1.29 is 19.6 Å². The molecule has 0 aliphatic heterocycles. The highest BCUT2D eigenvalue weighted by atomic mass is 35.5. The molecule has 0 amide bonds. The standard InChI is InChI=1S/C12H15ClN2O5/c1-7(2)14-10(12(16)17)6-20-11-5-8(15(18)19)3-4-9(11)13/h3-5,7,10,14H,6H2,1-2H3,(H,16,17). The summed E-state index contributed by atoms with van der Waals surface area (Å²) in [6, 6.07) is 2.78. The van der Waals surface area contributed by atoms with E-state index in [4.69, 9.17) is 21.4 Å². The minimum absolute atomic E-state index is 0.0414. The number of carboxylic acids is 1. The van der Waals surface area contributed by atoms with Gasteiger partial charge in [-0.25, -0.2) is 0 Å². The van der Waals surface area contributed by atoms with Crippen LogP contribution in [-0.4, -0.2) is 34.7 Å². The molecule has 0 radical (unpaired) electrons. The quantitative estimate of drug-likeness (QED) is 0.590. The van der Waals surface area contributed by atoms with Gasteiger partial charge in [0.1, 0.15) is 18.4 Å². The van der Waals surface area contributed by atoms with Gasteiger partial charge in [-0.05, 0) is 6.07 Å². The van der Waals surface area contributed by atoms with Gasteiger partial charge in [0.15, 0.2) is 0 Å². The Morgan fingerprint density at radius 3 is 2.70 bits per heavy atom. The fraction of sp³-hybridized carbons (Fsp3) is 0.417. The molecule has 0 saturated carbocycles. The fourth-order valence-corrected chi connectivity index (χ4v) is 1.65. The summed E-state index contributed by atoms with van der Waals surface area (Å²) < 4.78 is 5.27. The minimum atomic E-state index is -1.07. The van der Waals surface area contributed by atoms with Gasteiger partial charge in [-0.3, -0.25) is 20.2 Å². The van der Waals surface area contributed by atoms with E-state index >= 15 is 0 Å². The zero-order chi connectivity index (χ0) is 15.3. The molecule has 1 aromatic rings. The topological polar surface area (TPSA) is 102 Å². The molecule has 110 valence electrons. The van der Waals surface area contributed by atoms with E-state index in [0.29, 0.717) is 0 Å². The third-order valence-corrected chi connectivity index (χ3v) is 2.68. The highest BCUT2D eigenvalue weighted by molar-refractivity contribution is 6.32. The van der Waals surface area contributed by atoms with Gasteiger partial charge in [-0.1, -0.05) is 25.4 Å². The molecule has 0 saturated heterocycles. The van der Waals surface area contributed by atoms with Gasteiger partial charge in [0.2, 0.25) is 0 Å². The number of nitrogens with zero attached hydrogens (tertiary/aromatic N) is 1. The monoisotopic (exact) mass is 302 g/mol. The number of hydrogen-bond acceptors (Lipinski definition) is 5. The van der Waals surface area contributed by atoms with Gasteiger partial charge in [-0.15, -0.1) is 0 Å². The summed E-state index contributed by atoms with van der Waals surface area (Å²) in [5.41, 5.74) is -0.173. The van der Waals surface area contributed by atoms with Crippen LogP contribution in [0.4, 0.5) is 5.69 Å². The van der Waals surface area contributed by atoms with E-state index in [1.54, 1.807) is 13.8 Å². The molecule has 0 fully saturated rings. The average Bonchev–Trinajstić information content (AvgIpc) is 2.35. The Kier molecular flexibility index (Phi) is 5.72. The van der Waals surface area contributed by atoms with E-state index in [9.17, 15) is 14.9 Å². The van der Waals surface area contributed by atoms with Crippen molar-refractivity contribution in [3.05, 3.63) is 33.3 Å². The number of hydrogen-bond donors (Lipinski definition) is 2. The fourth-order valence-electron chi connectivity index (χ4n) is 1.48. The van der Waals surface area contributed by atoms with E-state index in [1.807, 2.05) is 0 Å². The number of nitro benzene ring substituents is 1. The molecule has 0 aromatic heterocycles. The first-order chi connectivity index (χ1) is 9.31. The Labute approximate surface area is 120 Å². The Balaban J connectivity index is 2.79. The second kappa shape index (κ2) is 7.06. The molecule has 0 aliphatic rings. The van der Waals surface area contributed by atoms with Crippen LogP contribution >= 0.6 is 11.6 Å². The molecular weight excluding hydrogens is 288 g/mol. The molecule has 7 nitrogen and oxygen atoms in total. The first-order valence-corrected chi connectivity index (χ1v) is 6.24. The molecule has 1 atom stereocenters. The Morgan fingerprint density at radius 2 is 2.20 bits per heavy atom. The Morgan fingerprint density at radius 1 is 1.55 bits per heavy atom. The van der Waals surface area contributed by atoms with Crippen molar-refractivity contribution in [1.29, 1.82) is 0 Å². The largest absolute Gasteiger partial charge is 0.490 e. The van der Waals surface area contributed by atoms with E-state index < -0.39 is 16.9 Å². The lowest BCUT2D eigenvalue weighted by atomic mass is 10.2. The van der Waals surface area contributed by atoms with Crippen LogP contribution in [0, 0.1) is 10.1 Å². The van der Waals surface area contributed by atoms with Gasteiger partial charge in [0, 0.05) is 12.1 Å². The molecule has 0 bridgehead atoms. The van der Waals surface area contributed by atoms with Crippen LogP contribution in [0.1, 0.15) is 13.8 Å². The van der Waals surface area contributed by atoms with Gasteiger partial charge < -0.3 is 9.84 Å². The maximum atomic E-state index is 11.0. The molecule has 20 heavy (non-hydrogen) atoms. The Hall–Kier alpha value is -1.86. The number of aliphatic carboxylic acids is 1. The Bertz CT molecular complexity index is 507. The van der Waals surface area contributed by atoms with Crippen molar-refractivity contribution in [3.8, 4) is 5.75 Å². The highest BCUT2D eigenvalue weighted by Crippen LogP contribution is 2.28. The first kappa shape index (κ1) is 16.2. The number of halogens is 1. The minimum Gasteiger partial charge on any atom is -0.490 e. The van der Waals surface area contributed by atoms with Crippen molar-refractivity contribution in [3.63, 3.8) is 0 Å². The van der Waals surface area contributed by atoms with Crippen LogP contribution in [-0.2, 0) is 4.79 Å². The van der Waals surface area contributed by atoms with E-state index in [1.165, 1.54) is 12.1 Å². The smallest absolute Gasteiger partial charge is 0.324 e. The van der Waals surface area contributed by atoms with E-state index in [0.717, 1.165) is 6.07 Å². The number of benzene rings is 1. The summed E-state index contributed by atoms with van der Waals surface area (Å²) in [4.78, 5) is 21.1. The second-order valence-corrected chi connectivity index (χ2v) is 4.80. The number of non-ortho nitro benzene ring substituents is 1. The number of ether oxygens (including phenoxy) is 1. The van der Waals surface area contributed by atoms with Crippen molar-refractivity contribution >= 4 is 23.3 Å². The molecule has 0 aliphatic carbocycles. The summed E-state index contributed by atoms with van der Waals surface area (Å²) in [5.74, 6) is -0.988. The SMILES string of the molecule is CC(C)NC(COc1cc([N+](=O)[O-])ccc1Cl)C(=O)O. The van der Waals surface area contributed by atoms with Crippen LogP contribution in [0.2, 0.25) is 5.02 Å². The number of nitro groups is 1. The normalized spacial score (nSPS) is 12.2. The first-order valence-electron chi connectivity index (χ1n) is 5.87. The molecule has 0 spiro atoms. The van der Waals surface area contributed by atoms with Crippen LogP contribution in [0.25, 0.3) is 0 Å². The molecule has 0 heterocycles. The van der Waals surface area contributed by atoms with Crippen LogP contribution in [0.15, 0.2) is 18.2 Å². The molecular formula is C12H15ClN2O5. The van der Waals surface area contributed by atoms with Crippen LogP contribution in [0.5, 0.6) is 5.75 Å². The van der Waals surface area contributed by atoms with Crippen LogP contribution in [0.3, 0.4) is 0 Å². The maximum absolute atomic E-state index is 11.0. The van der Waals surface area contributed by atoms with Crippen molar-refractivity contribution in [2.24, 2.45) is 0 Å². The lowest BCUT2D eigenvalue weighted by molar-refractivity contribution is -0.384. The van der Waals surface area contributed by atoms with Crippen molar-refractivity contribution in [2.75, 3.05) is 6.61 Å². The number of nitrogens with one attached hydrogen (secondary N) is 1. The summed E-state index contributed by atoms with van der Waals surface area (Å²) in [7, 11) is 0. The third kappa shape index (κ3) is 4.67. The predicted octanol–water partition coefficient (Wildman–Crippen LogP) is 2.08. The zero-order valence-electron chi connectivity index (χ0n) is 11.0. The van der Waals surface area contributed by atoms with Crippen molar-refractivity contribution in [2.45, 2.75) is 25.9 Å². The zero-order valence-corrected chi connectivity index (χ0v) is 11.8. The third-order valence-electron chi connectivity index (χ3n) is 2.36. The number of carbonyl (C=O) groups is 1. The highest BCUT2D eigenvalue weighted by Gasteiger charge is 2.20. The van der Waals surface area contributed by atoms with Gasteiger partial charge in [0.05, 0.1) is 16.0 Å². The van der Waals surface area contributed by atoms with Crippen LogP contribution < -0.4 is 10.1 Å².